The van der Waals surface area contributed by atoms with E-state index >= 15 is 0 Å². The van der Waals surface area contributed by atoms with Gasteiger partial charge >= 0.3 is 0 Å². The van der Waals surface area contributed by atoms with Crippen LogP contribution in [0.4, 0.5) is 0 Å². The Balaban J connectivity index is 0.000000285. The van der Waals surface area contributed by atoms with Crippen LogP contribution in [0.5, 0.6) is 0 Å². The van der Waals surface area contributed by atoms with Crippen molar-refractivity contribution >= 4 is 35.4 Å². The molecule has 12 heteroatoms. The first-order valence-electron chi connectivity index (χ1n) is 37.8. The third-order valence-corrected chi connectivity index (χ3v) is 25.1. The summed E-state index contributed by atoms with van der Waals surface area (Å²) in [5, 5.41) is 0. The number of nitrogens with zero attached hydrogens (tertiary/aromatic N) is 6. The first kappa shape index (κ1) is 78.7. The molecule has 516 valence electrons. The third kappa shape index (κ3) is 21.4. The van der Waals surface area contributed by atoms with Crippen molar-refractivity contribution in [1.29, 1.82) is 0 Å². The molecule has 6 fully saturated rings. The number of hydrogen-bond acceptors (Lipinski definition) is 9. The first-order chi connectivity index (χ1) is 42.1. The quantitative estimate of drug-likeness (QED) is 0.0446. The van der Waals surface area contributed by atoms with Gasteiger partial charge in [-0.2, -0.15) is 0 Å². The van der Waals surface area contributed by atoms with Crippen LogP contribution in [0.25, 0.3) is 0 Å². The molecule has 0 spiro atoms. The molecule has 0 radical (unpaired) electrons. The zero-order chi connectivity index (χ0) is 66.2. The van der Waals surface area contributed by atoms with Gasteiger partial charge in [0.1, 0.15) is 0 Å². The highest BCUT2D eigenvalue weighted by Gasteiger charge is 2.57. The molecule has 6 saturated heterocycles. The fraction of sp³-hybridized carbons (Fsp3) is 0.922. The van der Waals surface area contributed by atoms with Gasteiger partial charge in [-0.1, -0.05) is 248 Å². The SMILES string of the molecule is CCCCCCCCCCCCC1CC(=O)N(C2CCN(C)C(C)(C)C2(C)C)C1=O.CCCCCCCCCCCCC1CC(=O)N(C2CCN(C)C(C)(C)C2(C)C)C1=O.CCCCCCCCCCCCC1CC(=O)N(C2CCN(C)C(C)(C)C2C)C1=O. The fourth-order valence-corrected chi connectivity index (χ4v) is 16.1. The maximum Gasteiger partial charge on any atom is 0.233 e. The number of carbonyl (C=O) groups excluding carboxylic acids is 6. The smallest absolute Gasteiger partial charge is 0.233 e. The molecule has 6 rings (SSSR count). The lowest BCUT2D eigenvalue weighted by molar-refractivity contribution is -0.154. The minimum absolute atomic E-state index is 0.0120. The van der Waals surface area contributed by atoms with E-state index < -0.39 is 0 Å². The summed E-state index contributed by atoms with van der Waals surface area (Å²) >= 11 is 0. The number of piperidine rings is 3. The van der Waals surface area contributed by atoms with Gasteiger partial charge in [0, 0.05) is 102 Å². The molecule has 0 aromatic rings. The molecular formula is C77H142N6O6. The second kappa shape index (κ2) is 38.0. The summed E-state index contributed by atoms with van der Waals surface area (Å²) in [6.45, 7) is 34.1. The second-order valence-electron chi connectivity index (χ2n) is 32.2. The number of carbonyl (C=O) groups is 6. The van der Waals surface area contributed by atoms with Gasteiger partial charge in [0.05, 0.1) is 0 Å². The van der Waals surface area contributed by atoms with E-state index in [-0.39, 0.29) is 98.8 Å². The number of likely N-dealkylation sites (tertiary alicyclic amines) is 6. The Morgan fingerprint density at radius 1 is 0.337 bits per heavy atom. The zero-order valence-corrected chi connectivity index (χ0v) is 61.4. The van der Waals surface area contributed by atoms with Gasteiger partial charge in [-0.05, 0) is 107 Å². The summed E-state index contributed by atoms with van der Waals surface area (Å²) in [5.74, 6) is 0.606. The minimum Gasteiger partial charge on any atom is -0.301 e. The van der Waals surface area contributed by atoms with Gasteiger partial charge in [0.15, 0.2) is 0 Å². The van der Waals surface area contributed by atoms with Crippen LogP contribution in [-0.2, 0) is 28.8 Å². The van der Waals surface area contributed by atoms with Crippen LogP contribution in [0.2, 0.25) is 0 Å². The van der Waals surface area contributed by atoms with Gasteiger partial charge in [-0.25, -0.2) is 0 Å². The average molecular weight is 1250 g/mol. The van der Waals surface area contributed by atoms with E-state index in [1.54, 1.807) is 14.7 Å². The molecule has 7 unspecified atom stereocenters. The van der Waals surface area contributed by atoms with Crippen LogP contribution in [0, 0.1) is 34.5 Å². The normalized spacial score (nSPS) is 26.9. The number of imide groups is 3. The van der Waals surface area contributed by atoms with Crippen molar-refractivity contribution in [2.24, 2.45) is 34.5 Å². The highest BCUT2D eigenvalue weighted by atomic mass is 16.2. The average Bonchev–Trinajstić information content (AvgIpc) is 1.81. The van der Waals surface area contributed by atoms with E-state index in [1.807, 2.05) is 0 Å². The number of hydrogen-bond donors (Lipinski definition) is 0. The van der Waals surface area contributed by atoms with E-state index in [0.717, 1.165) is 77.4 Å². The molecule has 6 amide bonds. The Morgan fingerprint density at radius 3 is 0.876 bits per heavy atom. The van der Waals surface area contributed by atoms with Crippen LogP contribution >= 0.6 is 0 Å². The summed E-state index contributed by atoms with van der Waals surface area (Å²) in [6, 6.07) is 0.0988. The lowest BCUT2D eigenvalue weighted by atomic mass is 9.64. The van der Waals surface area contributed by atoms with Crippen LogP contribution in [-0.4, -0.2) is 140 Å². The van der Waals surface area contributed by atoms with E-state index in [1.165, 1.54) is 173 Å². The molecule has 6 aliphatic rings. The molecule has 89 heavy (non-hydrogen) atoms. The van der Waals surface area contributed by atoms with E-state index in [2.05, 4.69) is 133 Å². The lowest BCUT2D eigenvalue weighted by Crippen LogP contribution is -2.66. The third-order valence-electron chi connectivity index (χ3n) is 25.1. The predicted molar refractivity (Wildman–Crippen MR) is 371 cm³/mol. The molecule has 0 bridgehead atoms. The molecule has 0 aromatic heterocycles. The molecule has 6 heterocycles. The van der Waals surface area contributed by atoms with E-state index in [9.17, 15) is 28.8 Å². The van der Waals surface area contributed by atoms with Gasteiger partial charge in [-0.15, -0.1) is 0 Å². The molecule has 12 nitrogen and oxygen atoms in total. The minimum atomic E-state index is -0.128. The Morgan fingerprint density at radius 2 is 0.584 bits per heavy atom. The molecule has 0 aromatic carbocycles. The van der Waals surface area contributed by atoms with E-state index in [0.29, 0.717) is 25.2 Å². The second-order valence-corrected chi connectivity index (χ2v) is 32.2. The van der Waals surface area contributed by atoms with Gasteiger partial charge in [0.2, 0.25) is 35.4 Å². The fourth-order valence-electron chi connectivity index (χ4n) is 16.1. The first-order valence-corrected chi connectivity index (χ1v) is 37.8. The maximum absolute atomic E-state index is 13.2. The van der Waals surface area contributed by atoms with Crippen molar-refractivity contribution in [3.05, 3.63) is 0 Å². The summed E-state index contributed by atoms with van der Waals surface area (Å²) in [7, 11) is 6.45. The summed E-state index contributed by atoms with van der Waals surface area (Å²) in [4.78, 5) is 89.9. The topological polar surface area (TPSA) is 122 Å². The number of unbranched alkanes of at least 4 members (excludes halogenated alkanes) is 27. The Kier molecular flexibility index (Phi) is 33.6. The zero-order valence-electron chi connectivity index (χ0n) is 61.4. The van der Waals surface area contributed by atoms with Crippen LogP contribution in [0.3, 0.4) is 0 Å². The summed E-state index contributed by atoms with van der Waals surface area (Å²) in [6.07, 6.45) is 45.7. The van der Waals surface area contributed by atoms with Crippen LogP contribution < -0.4 is 0 Å². The summed E-state index contributed by atoms with van der Waals surface area (Å²) < 4.78 is 0. The van der Waals surface area contributed by atoms with Crippen molar-refractivity contribution in [2.45, 2.75) is 382 Å². The molecule has 0 N–H and O–H groups in total. The van der Waals surface area contributed by atoms with Gasteiger partial charge in [-0.3, -0.25) is 43.5 Å². The molecule has 0 aliphatic carbocycles. The van der Waals surface area contributed by atoms with Gasteiger partial charge in [0.25, 0.3) is 0 Å². The van der Waals surface area contributed by atoms with Gasteiger partial charge < -0.3 is 14.7 Å². The summed E-state index contributed by atoms with van der Waals surface area (Å²) in [5.41, 5.74) is -0.344. The highest BCUT2D eigenvalue weighted by Crippen LogP contribution is 2.49. The molecule has 7 atom stereocenters. The highest BCUT2D eigenvalue weighted by molar-refractivity contribution is 6.05. The molecule has 0 saturated carbocycles. The van der Waals surface area contributed by atoms with Crippen molar-refractivity contribution in [1.82, 2.24) is 29.4 Å². The van der Waals surface area contributed by atoms with Crippen LogP contribution in [0.15, 0.2) is 0 Å². The Bertz CT molecular complexity index is 2040. The Hall–Kier alpha value is -2.70. The lowest BCUT2D eigenvalue weighted by Gasteiger charge is -2.57. The molecule has 6 aliphatic heterocycles. The Labute approximate surface area is 548 Å². The monoisotopic (exact) mass is 1250 g/mol. The van der Waals surface area contributed by atoms with Crippen molar-refractivity contribution in [2.75, 3.05) is 40.8 Å². The van der Waals surface area contributed by atoms with Crippen LogP contribution in [0.1, 0.15) is 347 Å². The van der Waals surface area contributed by atoms with E-state index in [4.69, 9.17) is 0 Å². The molecular weight excluding hydrogens is 1100 g/mol. The van der Waals surface area contributed by atoms with Crippen molar-refractivity contribution in [3.63, 3.8) is 0 Å². The number of amides is 6. The van der Waals surface area contributed by atoms with Crippen molar-refractivity contribution < 1.29 is 28.8 Å². The maximum atomic E-state index is 13.2. The largest absolute Gasteiger partial charge is 0.301 e. The number of rotatable bonds is 36. The predicted octanol–water partition coefficient (Wildman–Crippen LogP) is 18.2. The standard InChI is InChI=1S/2C26H48N2O2.C25H46N2O2/c2*1-7-8-9-10-11-12-13-14-15-16-17-21-20-23(29)28(24(21)30)22-18-19-27(6)26(4,5)25(22,2)3;1-6-7-8-9-10-11-12-13-14-15-16-21-19-23(28)27(24(21)29)22-17-18-26(5)25(3,4)20(22)2/h2*21-22H,7-20H2,1-6H3;20-22H,6-19H2,1-5H3. The van der Waals surface area contributed by atoms with Crippen molar-refractivity contribution in [3.8, 4) is 0 Å².